The van der Waals surface area contributed by atoms with Gasteiger partial charge in [-0.05, 0) is 130 Å². The van der Waals surface area contributed by atoms with Gasteiger partial charge in [-0.2, -0.15) is 0 Å². The average Bonchev–Trinajstić information content (AvgIpc) is 3.41. The van der Waals surface area contributed by atoms with Crippen LogP contribution in [-0.2, 0) is 19.0 Å². The Morgan fingerprint density at radius 1 is 1.07 bits per heavy atom. The summed E-state index contributed by atoms with van der Waals surface area (Å²) in [6, 6.07) is 0. The number of morpholine rings is 1. The lowest BCUT2D eigenvalue weighted by molar-refractivity contribution is -0.244. The minimum absolute atomic E-state index is 0.0530. The number of carbonyl (C=O) groups excluding carboxylic acids is 1. The van der Waals surface area contributed by atoms with Crippen molar-refractivity contribution >= 4 is 5.91 Å². The second-order valence-corrected chi connectivity index (χ2v) is 17.6. The molecule has 1 heterocycles. The van der Waals surface area contributed by atoms with Crippen molar-refractivity contribution in [2.45, 2.75) is 156 Å². The molecule has 5 unspecified atom stereocenters. The Bertz CT molecular complexity index is 1090. The molecule has 12 atom stereocenters. The van der Waals surface area contributed by atoms with Crippen LogP contribution < -0.4 is 0 Å². The van der Waals surface area contributed by atoms with Gasteiger partial charge >= 0.3 is 0 Å². The lowest BCUT2D eigenvalue weighted by atomic mass is 9.46. The summed E-state index contributed by atoms with van der Waals surface area (Å²) in [5.74, 6) is 3.19. The van der Waals surface area contributed by atoms with E-state index < -0.39 is 5.60 Å². The Kier molecular flexibility index (Phi) is 9.10. The number of rotatable bonds is 10. The molecule has 7 heteroatoms. The summed E-state index contributed by atoms with van der Waals surface area (Å²) in [7, 11) is 0. The number of hydrogen-bond donors (Lipinski definition) is 2. The zero-order chi connectivity index (χ0) is 32.6. The second-order valence-electron chi connectivity index (χ2n) is 17.6. The summed E-state index contributed by atoms with van der Waals surface area (Å²) in [5, 5.41) is 22.3. The molecule has 0 radical (unpaired) electrons. The summed E-state index contributed by atoms with van der Waals surface area (Å²) in [5.41, 5.74) is 0.190. The Morgan fingerprint density at radius 2 is 1.82 bits per heavy atom. The summed E-state index contributed by atoms with van der Waals surface area (Å²) in [6.07, 6.45) is 11.1. The number of nitrogens with zero attached hydrogens (tertiary/aromatic N) is 1. The molecule has 5 aliphatic carbocycles. The molecule has 2 N–H and O–H groups in total. The normalized spacial score (nSPS) is 46.0. The monoisotopic (exact) mass is 631 g/mol. The molecule has 7 nitrogen and oxygen atoms in total. The van der Waals surface area contributed by atoms with Crippen LogP contribution in [0.1, 0.15) is 126 Å². The molecular weight excluding hydrogens is 566 g/mol. The third-order valence-corrected chi connectivity index (χ3v) is 15.3. The second kappa shape index (κ2) is 12.0. The highest BCUT2D eigenvalue weighted by Gasteiger charge is 2.84. The quantitative estimate of drug-likeness (QED) is 0.283. The van der Waals surface area contributed by atoms with Crippen molar-refractivity contribution in [3.8, 4) is 0 Å². The highest BCUT2D eigenvalue weighted by Crippen LogP contribution is 2.89. The van der Waals surface area contributed by atoms with E-state index in [1.807, 2.05) is 32.6 Å². The number of hydrogen-bond acceptors (Lipinski definition) is 6. The van der Waals surface area contributed by atoms with Crippen molar-refractivity contribution in [1.82, 2.24) is 4.90 Å². The van der Waals surface area contributed by atoms with Crippen molar-refractivity contribution in [1.29, 1.82) is 0 Å². The van der Waals surface area contributed by atoms with E-state index in [4.69, 9.17) is 14.2 Å². The van der Waals surface area contributed by atoms with Gasteiger partial charge in [-0.25, -0.2) is 0 Å². The van der Waals surface area contributed by atoms with E-state index in [1.54, 1.807) is 0 Å². The van der Waals surface area contributed by atoms with Crippen LogP contribution in [-0.4, -0.2) is 77.5 Å². The van der Waals surface area contributed by atoms with E-state index in [0.29, 0.717) is 67.2 Å². The van der Waals surface area contributed by atoms with E-state index in [9.17, 15) is 15.0 Å². The van der Waals surface area contributed by atoms with Gasteiger partial charge < -0.3 is 29.3 Å². The predicted molar refractivity (Wildman–Crippen MR) is 175 cm³/mol. The van der Waals surface area contributed by atoms with Crippen LogP contribution in [0, 0.1) is 51.2 Å². The Morgan fingerprint density at radius 3 is 2.51 bits per heavy atom. The zero-order valence-electron chi connectivity index (χ0n) is 29.8. The fourth-order valence-electron chi connectivity index (χ4n) is 13.2. The summed E-state index contributed by atoms with van der Waals surface area (Å²) in [6.45, 7) is 20.0. The molecule has 2 spiro atoms. The van der Waals surface area contributed by atoms with E-state index in [1.165, 1.54) is 32.1 Å². The summed E-state index contributed by atoms with van der Waals surface area (Å²) in [4.78, 5) is 14.3. The van der Waals surface area contributed by atoms with Crippen molar-refractivity contribution in [2.24, 2.45) is 51.2 Å². The third-order valence-electron chi connectivity index (χ3n) is 15.3. The van der Waals surface area contributed by atoms with E-state index in [2.05, 4.69) is 27.7 Å². The van der Waals surface area contributed by atoms with Gasteiger partial charge in [0.25, 0.3) is 0 Å². The number of amides is 1. The lowest BCUT2D eigenvalue weighted by Crippen LogP contribution is -2.56. The molecule has 45 heavy (non-hydrogen) atoms. The number of aliphatic hydroxyl groups is 2. The maximum atomic E-state index is 12.4. The zero-order valence-corrected chi connectivity index (χ0v) is 29.8. The van der Waals surface area contributed by atoms with Gasteiger partial charge in [0.15, 0.2) is 6.29 Å². The van der Waals surface area contributed by atoms with Crippen LogP contribution in [0.4, 0.5) is 0 Å². The summed E-state index contributed by atoms with van der Waals surface area (Å²) >= 11 is 0. The van der Waals surface area contributed by atoms with Crippen molar-refractivity contribution in [3.63, 3.8) is 0 Å². The molecule has 0 aromatic rings. The first-order valence-electron chi connectivity index (χ1n) is 18.7. The number of ether oxygens (including phenoxy) is 3. The first-order valence-corrected chi connectivity index (χ1v) is 18.7. The number of fused-ring (bicyclic) bond motifs is 2. The smallest absolute Gasteiger partial charge is 0.222 e. The van der Waals surface area contributed by atoms with Gasteiger partial charge in [-0.1, -0.05) is 41.0 Å². The topological polar surface area (TPSA) is 88.5 Å². The number of aliphatic hydroxyl groups excluding tert-OH is 1. The molecule has 1 aliphatic heterocycles. The van der Waals surface area contributed by atoms with E-state index in [-0.39, 0.29) is 41.3 Å². The largest absolute Gasteiger partial charge is 0.393 e. The van der Waals surface area contributed by atoms with Crippen LogP contribution in [0.15, 0.2) is 0 Å². The van der Waals surface area contributed by atoms with Crippen LogP contribution in [0.5, 0.6) is 0 Å². The Labute approximate surface area is 273 Å². The molecular formula is C38H65NO6. The predicted octanol–water partition coefficient (Wildman–Crippen LogP) is 6.58. The molecule has 6 rings (SSSR count). The lowest BCUT2D eigenvalue weighted by Gasteiger charge is -2.59. The highest BCUT2D eigenvalue weighted by molar-refractivity contribution is 5.75. The van der Waals surface area contributed by atoms with Gasteiger partial charge in [0.05, 0.1) is 37.1 Å². The molecule has 0 aromatic heterocycles. The molecule has 6 aliphatic rings. The maximum Gasteiger partial charge on any atom is 0.222 e. The van der Waals surface area contributed by atoms with Crippen molar-refractivity contribution in [2.75, 3.05) is 26.3 Å². The standard InChI is InChI=1S/C38H65NO6/c1-9-32(41)39-20-21-44-33(23-39)45-30-16-17-38-24(3)37(38)19-18-36(8)26(12-11-13-31(43-10-2)35(6,7)42)28(40)22-27(36)25(37)14-15-29(38)34(30,4)5/h24-31,33,40,42H,9-23H2,1-8H3/t24-,25-,26?,27?,28+,29?,30-,31?,33?,36+,37-,38+/m0/s1. The molecule has 258 valence electrons. The third kappa shape index (κ3) is 5.18. The minimum Gasteiger partial charge on any atom is -0.393 e. The first-order chi connectivity index (χ1) is 21.2. The van der Waals surface area contributed by atoms with Crippen LogP contribution in [0.25, 0.3) is 0 Å². The van der Waals surface area contributed by atoms with Gasteiger partial charge in [-0.3, -0.25) is 4.79 Å². The Hall–Kier alpha value is -0.730. The minimum atomic E-state index is -0.848. The molecule has 0 aromatic carbocycles. The van der Waals surface area contributed by atoms with Crippen LogP contribution in [0.3, 0.4) is 0 Å². The molecule has 5 saturated carbocycles. The molecule has 0 bridgehead atoms. The van der Waals surface area contributed by atoms with Gasteiger partial charge in [0, 0.05) is 19.6 Å². The van der Waals surface area contributed by atoms with Gasteiger partial charge in [0.1, 0.15) is 0 Å². The van der Waals surface area contributed by atoms with Gasteiger partial charge in [0.2, 0.25) is 5.91 Å². The van der Waals surface area contributed by atoms with Crippen molar-refractivity contribution < 1.29 is 29.2 Å². The van der Waals surface area contributed by atoms with Gasteiger partial charge in [-0.15, -0.1) is 0 Å². The fraction of sp³-hybridized carbons (Fsp3) is 0.974. The summed E-state index contributed by atoms with van der Waals surface area (Å²) < 4.78 is 18.8. The van der Waals surface area contributed by atoms with E-state index in [0.717, 1.165) is 38.0 Å². The van der Waals surface area contributed by atoms with Crippen LogP contribution >= 0.6 is 0 Å². The SMILES string of the molecule is CCOC(CCCC1[C@H](O)CC2[C@@H]3CCC4C(C)(C)[C@@H](OC5CN(C(=O)CC)CCO5)CC[C@@]45[C@@H](C)[C@@]35CC[C@]12C)C(C)(C)O. The molecule has 1 amide bonds. The first kappa shape index (κ1) is 34.1. The van der Waals surface area contributed by atoms with Crippen molar-refractivity contribution in [3.05, 3.63) is 0 Å². The van der Waals surface area contributed by atoms with E-state index >= 15 is 0 Å². The maximum absolute atomic E-state index is 12.4. The number of carbonyl (C=O) groups is 1. The highest BCUT2D eigenvalue weighted by atomic mass is 16.7. The Balaban J connectivity index is 1.15. The molecule has 1 saturated heterocycles. The average molecular weight is 632 g/mol. The fourth-order valence-corrected chi connectivity index (χ4v) is 13.2. The molecule has 6 fully saturated rings. The van der Waals surface area contributed by atoms with Crippen LogP contribution in [0.2, 0.25) is 0 Å².